The second-order valence-corrected chi connectivity index (χ2v) is 10.4. The Kier molecular flexibility index (Phi) is 6.18. The number of hydrogen-bond donors (Lipinski definition) is 0. The monoisotopic (exact) mass is 518 g/mol. The standard InChI is InChI=1S/C23H20Cl2N4O4S/c24-15-7-5-13(11-20(15)28(30)31)18-9-10-19(14-6-8-16(25)21(12-14)29(32)33)27(18)23-26-17-3-1-2-4-22(17)34-23/h5-8,11-12,18-19H,1-4,9-10H2. The average molecular weight is 519 g/mol. The molecule has 176 valence electrons. The summed E-state index contributed by atoms with van der Waals surface area (Å²) in [7, 11) is 0. The molecule has 5 rings (SSSR count). The largest absolute Gasteiger partial charge is 0.334 e. The molecule has 1 saturated heterocycles. The molecule has 0 radical (unpaired) electrons. The molecular weight excluding hydrogens is 499 g/mol. The third-order valence-corrected chi connectivity index (χ3v) is 8.35. The molecule has 11 heteroatoms. The van der Waals surface area contributed by atoms with Crippen molar-refractivity contribution in [2.45, 2.75) is 50.6 Å². The molecule has 3 aromatic rings. The van der Waals surface area contributed by atoms with Gasteiger partial charge in [-0.3, -0.25) is 20.2 Å². The van der Waals surface area contributed by atoms with E-state index in [1.807, 2.05) is 12.1 Å². The third-order valence-electron chi connectivity index (χ3n) is 6.54. The van der Waals surface area contributed by atoms with Crippen LogP contribution in [0.5, 0.6) is 0 Å². The van der Waals surface area contributed by atoms with Gasteiger partial charge in [0, 0.05) is 17.0 Å². The highest BCUT2D eigenvalue weighted by Gasteiger charge is 2.39. The Balaban J connectivity index is 1.61. The van der Waals surface area contributed by atoms with Crippen molar-refractivity contribution >= 4 is 51.0 Å². The van der Waals surface area contributed by atoms with Gasteiger partial charge in [-0.05, 0) is 61.8 Å². The van der Waals surface area contributed by atoms with E-state index in [-0.39, 0.29) is 33.5 Å². The predicted octanol–water partition coefficient (Wildman–Crippen LogP) is 7.23. The average Bonchev–Trinajstić information content (AvgIpc) is 3.43. The van der Waals surface area contributed by atoms with Gasteiger partial charge in [0.2, 0.25) is 0 Å². The lowest BCUT2D eigenvalue weighted by Crippen LogP contribution is -2.26. The first kappa shape index (κ1) is 23.0. The highest BCUT2D eigenvalue weighted by molar-refractivity contribution is 7.15. The van der Waals surface area contributed by atoms with Crippen LogP contribution in [-0.4, -0.2) is 14.8 Å². The Hall–Kier alpha value is -2.75. The van der Waals surface area contributed by atoms with Crippen molar-refractivity contribution in [1.82, 2.24) is 4.98 Å². The summed E-state index contributed by atoms with van der Waals surface area (Å²) in [5, 5.41) is 24.0. The number of halogens is 2. The zero-order valence-corrected chi connectivity index (χ0v) is 20.3. The normalized spacial score (nSPS) is 19.8. The number of thiazole rings is 1. The topological polar surface area (TPSA) is 102 Å². The van der Waals surface area contributed by atoms with E-state index < -0.39 is 9.85 Å². The maximum atomic E-state index is 11.5. The summed E-state index contributed by atoms with van der Waals surface area (Å²) in [6.07, 6.45) is 5.60. The van der Waals surface area contributed by atoms with Crippen LogP contribution in [0, 0.1) is 20.2 Å². The molecule has 1 fully saturated rings. The van der Waals surface area contributed by atoms with Gasteiger partial charge in [0.1, 0.15) is 10.0 Å². The molecule has 2 aromatic carbocycles. The molecule has 0 saturated carbocycles. The Morgan fingerprint density at radius 2 is 1.41 bits per heavy atom. The van der Waals surface area contributed by atoms with E-state index in [0.717, 1.165) is 47.6 Å². The number of rotatable bonds is 5. The zero-order valence-electron chi connectivity index (χ0n) is 17.9. The molecule has 2 aliphatic rings. The van der Waals surface area contributed by atoms with E-state index in [1.165, 1.54) is 17.0 Å². The summed E-state index contributed by atoms with van der Waals surface area (Å²) in [6, 6.07) is 9.44. The minimum absolute atomic E-state index is 0.0906. The molecule has 2 unspecified atom stereocenters. The van der Waals surface area contributed by atoms with Gasteiger partial charge >= 0.3 is 0 Å². The molecule has 1 aliphatic heterocycles. The fourth-order valence-corrected chi connectivity index (χ4v) is 6.56. The van der Waals surface area contributed by atoms with E-state index in [0.29, 0.717) is 12.8 Å². The van der Waals surface area contributed by atoms with Crippen LogP contribution in [0.3, 0.4) is 0 Å². The van der Waals surface area contributed by atoms with Gasteiger partial charge in [-0.2, -0.15) is 0 Å². The van der Waals surface area contributed by atoms with Gasteiger partial charge < -0.3 is 4.90 Å². The first-order chi connectivity index (χ1) is 16.3. The SMILES string of the molecule is O=[N+]([O-])c1cc(C2CCC(c3ccc(Cl)c([N+](=O)[O-])c3)N2c2nc3c(s2)CCCC3)ccc1Cl. The van der Waals surface area contributed by atoms with Gasteiger partial charge in [0.25, 0.3) is 11.4 Å². The van der Waals surface area contributed by atoms with Crippen LogP contribution >= 0.6 is 34.5 Å². The molecule has 0 N–H and O–H groups in total. The number of anilines is 1. The van der Waals surface area contributed by atoms with Crippen molar-refractivity contribution in [3.63, 3.8) is 0 Å². The quantitative estimate of drug-likeness (QED) is 0.260. The number of aromatic nitrogens is 1. The van der Waals surface area contributed by atoms with Crippen LogP contribution in [0.4, 0.5) is 16.5 Å². The van der Waals surface area contributed by atoms with Gasteiger partial charge in [-0.1, -0.05) is 35.3 Å². The van der Waals surface area contributed by atoms with Gasteiger partial charge in [0.05, 0.1) is 27.6 Å². The summed E-state index contributed by atoms with van der Waals surface area (Å²) in [5.41, 5.74) is 2.39. The van der Waals surface area contributed by atoms with Crippen LogP contribution in [0.1, 0.15) is 59.5 Å². The highest BCUT2D eigenvalue weighted by atomic mass is 35.5. The van der Waals surface area contributed by atoms with Crippen molar-refractivity contribution < 1.29 is 9.85 Å². The molecule has 0 spiro atoms. The summed E-state index contributed by atoms with van der Waals surface area (Å²) in [4.78, 5) is 30.5. The summed E-state index contributed by atoms with van der Waals surface area (Å²) >= 11 is 13.8. The highest BCUT2D eigenvalue weighted by Crippen LogP contribution is 2.50. The smallest absolute Gasteiger partial charge is 0.288 e. The Labute approximate surface area is 209 Å². The molecular formula is C23H20Cl2N4O4S. The molecule has 2 atom stereocenters. The molecule has 1 aliphatic carbocycles. The molecule has 2 heterocycles. The Morgan fingerprint density at radius 3 is 1.91 bits per heavy atom. The van der Waals surface area contributed by atoms with Crippen molar-refractivity contribution in [2.24, 2.45) is 0 Å². The predicted molar refractivity (Wildman–Crippen MR) is 132 cm³/mol. The van der Waals surface area contributed by atoms with Gasteiger partial charge in [-0.15, -0.1) is 11.3 Å². The van der Waals surface area contributed by atoms with E-state index in [1.54, 1.807) is 23.5 Å². The number of hydrogen-bond acceptors (Lipinski definition) is 7. The number of aryl methyl sites for hydroxylation is 2. The van der Waals surface area contributed by atoms with Crippen LogP contribution < -0.4 is 4.90 Å². The van der Waals surface area contributed by atoms with E-state index in [4.69, 9.17) is 28.2 Å². The number of nitrogens with zero attached hydrogens (tertiary/aromatic N) is 4. The van der Waals surface area contributed by atoms with Crippen LogP contribution in [0.25, 0.3) is 0 Å². The van der Waals surface area contributed by atoms with E-state index >= 15 is 0 Å². The van der Waals surface area contributed by atoms with Crippen molar-refractivity contribution in [1.29, 1.82) is 0 Å². The molecule has 0 amide bonds. The molecule has 8 nitrogen and oxygen atoms in total. The lowest BCUT2D eigenvalue weighted by atomic mass is 10.0. The second-order valence-electron chi connectivity index (χ2n) is 8.53. The van der Waals surface area contributed by atoms with Crippen molar-refractivity contribution in [3.8, 4) is 0 Å². The number of fused-ring (bicyclic) bond motifs is 1. The van der Waals surface area contributed by atoms with Gasteiger partial charge in [0.15, 0.2) is 5.13 Å². The lowest BCUT2D eigenvalue weighted by Gasteiger charge is -2.30. The summed E-state index contributed by atoms with van der Waals surface area (Å²) in [6.45, 7) is 0. The third kappa shape index (κ3) is 4.12. The van der Waals surface area contributed by atoms with Crippen LogP contribution in [-0.2, 0) is 12.8 Å². The van der Waals surface area contributed by atoms with Crippen LogP contribution in [0.15, 0.2) is 36.4 Å². The number of benzene rings is 2. The molecule has 1 aromatic heterocycles. The molecule has 0 bridgehead atoms. The molecule has 34 heavy (non-hydrogen) atoms. The maximum absolute atomic E-state index is 11.5. The summed E-state index contributed by atoms with van der Waals surface area (Å²) < 4.78 is 0. The fourth-order valence-electron chi connectivity index (χ4n) is 4.93. The summed E-state index contributed by atoms with van der Waals surface area (Å²) in [5.74, 6) is 0. The Morgan fingerprint density at radius 1 is 0.882 bits per heavy atom. The van der Waals surface area contributed by atoms with Crippen LogP contribution in [0.2, 0.25) is 10.0 Å². The first-order valence-corrected chi connectivity index (χ1v) is 12.6. The minimum Gasteiger partial charge on any atom is -0.334 e. The van der Waals surface area contributed by atoms with Crippen molar-refractivity contribution in [2.75, 3.05) is 4.90 Å². The van der Waals surface area contributed by atoms with E-state index in [9.17, 15) is 20.2 Å². The second kappa shape index (κ2) is 9.13. The van der Waals surface area contributed by atoms with Crippen molar-refractivity contribution in [3.05, 3.63) is 88.4 Å². The number of nitro benzene ring substituents is 2. The lowest BCUT2D eigenvalue weighted by molar-refractivity contribution is -0.384. The van der Waals surface area contributed by atoms with Gasteiger partial charge in [-0.25, -0.2) is 4.98 Å². The maximum Gasteiger partial charge on any atom is 0.288 e. The number of nitro groups is 2. The fraction of sp³-hybridized carbons (Fsp3) is 0.348. The van der Waals surface area contributed by atoms with E-state index in [2.05, 4.69) is 4.90 Å². The Bertz CT molecular complexity index is 1200. The minimum atomic E-state index is -0.479. The zero-order chi connectivity index (χ0) is 24.0. The first-order valence-electron chi connectivity index (χ1n) is 11.0.